The van der Waals surface area contributed by atoms with Crippen LogP contribution in [0.15, 0.2) is 12.4 Å². The molecule has 6 heteroatoms. The molecule has 2 amide bonds. The van der Waals surface area contributed by atoms with Crippen molar-refractivity contribution in [3.05, 3.63) is 18.2 Å². The van der Waals surface area contributed by atoms with Crippen molar-refractivity contribution < 1.29 is 9.59 Å². The zero-order valence-corrected chi connectivity index (χ0v) is 16.2. The normalized spacial score (nSPS) is 18.5. The lowest BCUT2D eigenvalue weighted by atomic mass is 9.99. The molecule has 1 unspecified atom stereocenters. The van der Waals surface area contributed by atoms with E-state index < -0.39 is 0 Å². The molecule has 2 rings (SSSR count). The van der Waals surface area contributed by atoms with Crippen LogP contribution < -0.4 is 5.32 Å². The van der Waals surface area contributed by atoms with Crippen molar-refractivity contribution in [1.29, 1.82) is 0 Å². The summed E-state index contributed by atoms with van der Waals surface area (Å²) in [4.78, 5) is 31.5. The lowest BCUT2D eigenvalue weighted by molar-refractivity contribution is -0.143. The van der Waals surface area contributed by atoms with Crippen LogP contribution >= 0.6 is 0 Å². The summed E-state index contributed by atoms with van der Waals surface area (Å²) >= 11 is 0. The van der Waals surface area contributed by atoms with E-state index in [0.29, 0.717) is 25.4 Å². The molecule has 0 aromatic carbocycles. The molecule has 0 spiro atoms. The minimum atomic E-state index is -0.340. The maximum atomic E-state index is 12.8. The summed E-state index contributed by atoms with van der Waals surface area (Å²) in [5.74, 6) is 1.34. The molecule has 1 aliphatic rings. The maximum absolute atomic E-state index is 12.8. The topological polar surface area (TPSA) is 67.2 Å². The molecular weight excluding hydrogens is 316 g/mol. The molecule has 2 heterocycles. The summed E-state index contributed by atoms with van der Waals surface area (Å²) in [5, 5.41) is 3.02. The SMILES string of the molecule is CC(C)c1nccn1CCC(=O)N1CCCCC1C(=O)NC(C)(C)C. The largest absolute Gasteiger partial charge is 0.350 e. The number of hydrogen-bond acceptors (Lipinski definition) is 3. The van der Waals surface area contributed by atoms with E-state index in [1.54, 1.807) is 11.1 Å². The number of imidazole rings is 1. The predicted octanol–water partition coefficient (Wildman–Crippen LogP) is 2.69. The maximum Gasteiger partial charge on any atom is 0.243 e. The smallest absolute Gasteiger partial charge is 0.243 e. The molecule has 1 aromatic rings. The van der Waals surface area contributed by atoms with Crippen LogP contribution in [0, 0.1) is 0 Å². The molecular formula is C19H32N4O2. The Kier molecular flexibility index (Phi) is 6.25. The highest BCUT2D eigenvalue weighted by atomic mass is 16.2. The Balaban J connectivity index is 2.00. The summed E-state index contributed by atoms with van der Waals surface area (Å²) in [6.07, 6.45) is 6.80. The molecule has 0 aliphatic carbocycles. The van der Waals surface area contributed by atoms with Gasteiger partial charge in [-0.1, -0.05) is 13.8 Å². The van der Waals surface area contributed by atoms with Crippen LogP contribution in [0.3, 0.4) is 0 Å². The van der Waals surface area contributed by atoms with Crippen molar-refractivity contribution in [1.82, 2.24) is 19.8 Å². The summed E-state index contributed by atoms with van der Waals surface area (Å²) in [7, 11) is 0. The lowest BCUT2D eigenvalue weighted by Gasteiger charge is -2.36. The molecule has 0 bridgehead atoms. The second-order valence-corrected chi connectivity index (χ2v) is 8.22. The van der Waals surface area contributed by atoms with Crippen molar-refractivity contribution in [2.45, 2.75) is 84.3 Å². The number of aromatic nitrogens is 2. The molecule has 1 aliphatic heterocycles. The number of rotatable bonds is 5. The van der Waals surface area contributed by atoms with Gasteiger partial charge in [-0.2, -0.15) is 0 Å². The number of likely N-dealkylation sites (tertiary alicyclic amines) is 1. The summed E-state index contributed by atoms with van der Waals surface area (Å²) in [6, 6.07) is -0.340. The van der Waals surface area contributed by atoms with E-state index >= 15 is 0 Å². The number of amides is 2. The minimum absolute atomic E-state index is 0.0361. The van der Waals surface area contributed by atoms with E-state index in [9.17, 15) is 9.59 Å². The Morgan fingerprint density at radius 2 is 2.04 bits per heavy atom. The number of piperidine rings is 1. The zero-order chi connectivity index (χ0) is 18.6. The highest BCUT2D eigenvalue weighted by Crippen LogP contribution is 2.20. The van der Waals surface area contributed by atoms with E-state index in [1.165, 1.54) is 0 Å². The van der Waals surface area contributed by atoms with Gasteiger partial charge < -0.3 is 14.8 Å². The molecule has 0 radical (unpaired) electrons. The van der Waals surface area contributed by atoms with Crippen LogP contribution in [0.4, 0.5) is 0 Å². The highest BCUT2D eigenvalue weighted by molar-refractivity contribution is 5.88. The van der Waals surface area contributed by atoms with Crippen molar-refractivity contribution in [2.75, 3.05) is 6.54 Å². The van der Waals surface area contributed by atoms with E-state index in [2.05, 4.69) is 24.1 Å². The van der Waals surface area contributed by atoms with Crippen LogP contribution in [-0.2, 0) is 16.1 Å². The molecule has 0 saturated carbocycles. The molecule has 140 valence electrons. The number of hydrogen-bond donors (Lipinski definition) is 1. The van der Waals surface area contributed by atoms with Crippen LogP contribution in [0.25, 0.3) is 0 Å². The Bertz CT molecular complexity index is 601. The molecule has 1 aromatic heterocycles. The van der Waals surface area contributed by atoms with Crippen molar-refractivity contribution >= 4 is 11.8 Å². The van der Waals surface area contributed by atoms with Gasteiger partial charge in [0.1, 0.15) is 11.9 Å². The molecule has 1 atom stereocenters. The van der Waals surface area contributed by atoms with E-state index in [-0.39, 0.29) is 23.4 Å². The van der Waals surface area contributed by atoms with Crippen LogP contribution in [0.1, 0.15) is 72.0 Å². The van der Waals surface area contributed by atoms with Crippen molar-refractivity contribution in [3.8, 4) is 0 Å². The Hall–Kier alpha value is -1.85. The van der Waals surface area contributed by atoms with Gasteiger partial charge in [-0.15, -0.1) is 0 Å². The van der Waals surface area contributed by atoms with Crippen LogP contribution in [-0.4, -0.2) is 44.4 Å². The Morgan fingerprint density at radius 3 is 2.68 bits per heavy atom. The third-order valence-corrected chi connectivity index (χ3v) is 4.45. The summed E-state index contributed by atoms with van der Waals surface area (Å²) in [6.45, 7) is 11.4. The van der Waals surface area contributed by atoms with Gasteiger partial charge in [0.15, 0.2) is 0 Å². The van der Waals surface area contributed by atoms with Gasteiger partial charge in [0, 0.05) is 43.4 Å². The minimum Gasteiger partial charge on any atom is -0.350 e. The van der Waals surface area contributed by atoms with Crippen molar-refractivity contribution in [3.63, 3.8) is 0 Å². The molecule has 6 nitrogen and oxygen atoms in total. The molecule has 1 saturated heterocycles. The van der Waals surface area contributed by atoms with Gasteiger partial charge in [-0.3, -0.25) is 9.59 Å². The third-order valence-electron chi connectivity index (χ3n) is 4.45. The van der Waals surface area contributed by atoms with E-state index in [0.717, 1.165) is 25.1 Å². The van der Waals surface area contributed by atoms with Gasteiger partial charge in [0.2, 0.25) is 11.8 Å². The Morgan fingerprint density at radius 1 is 1.32 bits per heavy atom. The third kappa shape index (κ3) is 5.31. The molecule has 1 N–H and O–H groups in total. The first-order chi connectivity index (χ1) is 11.7. The molecule has 1 fully saturated rings. The first kappa shape index (κ1) is 19.5. The average Bonchev–Trinajstić information content (AvgIpc) is 2.99. The van der Waals surface area contributed by atoms with Gasteiger partial charge >= 0.3 is 0 Å². The monoisotopic (exact) mass is 348 g/mol. The lowest BCUT2D eigenvalue weighted by Crippen LogP contribution is -2.55. The quantitative estimate of drug-likeness (QED) is 0.889. The Labute approximate surface area is 151 Å². The average molecular weight is 348 g/mol. The van der Waals surface area contributed by atoms with Crippen LogP contribution in [0.2, 0.25) is 0 Å². The van der Waals surface area contributed by atoms with Crippen LogP contribution in [0.5, 0.6) is 0 Å². The highest BCUT2D eigenvalue weighted by Gasteiger charge is 2.33. The van der Waals surface area contributed by atoms with Gasteiger partial charge in [-0.05, 0) is 40.0 Å². The summed E-state index contributed by atoms with van der Waals surface area (Å²) in [5.41, 5.74) is -0.285. The zero-order valence-electron chi connectivity index (χ0n) is 16.2. The summed E-state index contributed by atoms with van der Waals surface area (Å²) < 4.78 is 2.04. The fraction of sp³-hybridized carbons (Fsp3) is 0.737. The number of carbonyl (C=O) groups excluding carboxylic acids is 2. The second-order valence-electron chi connectivity index (χ2n) is 8.22. The standard InChI is InChI=1S/C19H32N4O2/c1-14(2)17-20-10-13-22(17)12-9-16(24)23-11-7-6-8-15(23)18(25)21-19(3,4)5/h10,13-15H,6-9,11-12H2,1-5H3,(H,21,25). The van der Waals surface area contributed by atoms with Gasteiger partial charge in [-0.25, -0.2) is 4.98 Å². The number of nitrogens with one attached hydrogen (secondary N) is 1. The first-order valence-corrected chi connectivity index (χ1v) is 9.31. The number of aryl methyl sites for hydroxylation is 1. The van der Waals surface area contributed by atoms with E-state index in [4.69, 9.17) is 0 Å². The van der Waals surface area contributed by atoms with Gasteiger partial charge in [0.05, 0.1) is 0 Å². The fourth-order valence-corrected chi connectivity index (χ4v) is 3.33. The van der Waals surface area contributed by atoms with Gasteiger partial charge in [0.25, 0.3) is 0 Å². The molecule has 25 heavy (non-hydrogen) atoms. The van der Waals surface area contributed by atoms with E-state index in [1.807, 2.05) is 31.5 Å². The number of nitrogens with zero attached hydrogens (tertiary/aromatic N) is 3. The fourth-order valence-electron chi connectivity index (χ4n) is 3.33. The first-order valence-electron chi connectivity index (χ1n) is 9.31. The predicted molar refractivity (Wildman–Crippen MR) is 98.2 cm³/mol. The number of carbonyl (C=O) groups is 2. The second kappa shape index (κ2) is 8.02. The van der Waals surface area contributed by atoms with Crippen molar-refractivity contribution in [2.24, 2.45) is 0 Å².